The minimum Gasteiger partial charge on any atom is -0.506 e. The van der Waals surface area contributed by atoms with Gasteiger partial charge in [-0.25, -0.2) is 4.98 Å². The average Bonchev–Trinajstić information content (AvgIpc) is 2.12. The van der Waals surface area contributed by atoms with Crippen molar-refractivity contribution in [2.75, 3.05) is 20.3 Å². The molecular formula is C9H13NO3. The third-order valence-corrected chi connectivity index (χ3v) is 1.60. The predicted octanol–water partition coefficient (Wildman–Crippen LogP) is 1.12. The topological polar surface area (TPSA) is 51.6 Å². The normalized spacial score (nSPS) is 10.0. The Morgan fingerprint density at radius 2 is 2.23 bits per heavy atom. The lowest BCUT2D eigenvalue weighted by Crippen LogP contribution is -2.05. The summed E-state index contributed by atoms with van der Waals surface area (Å²) in [5.74, 6) is 0.687. The van der Waals surface area contributed by atoms with E-state index < -0.39 is 0 Å². The van der Waals surface area contributed by atoms with Gasteiger partial charge in [0.05, 0.1) is 12.8 Å². The number of nitrogens with zero attached hydrogens (tertiary/aromatic N) is 1. The lowest BCUT2D eigenvalue weighted by Gasteiger charge is -2.05. The third kappa shape index (κ3) is 2.91. The van der Waals surface area contributed by atoms with Crippen LogP contribution >= 0.6 is 0 Å². The molecule has 0 radical (unpaired) electrons. The molecule has 0 aliphatic rings. The molecule has 0 saturated heterocycles. The van der Waals surface area contributed by atoms with Crippen LogP contribution in [0.15, 0.2) is 12.3 Å². The molecule has 4 heteroatoms. The first-order chi connectivity index (χ1) is 6.24. The summed E-state index contributed by atoms with van der Waals surface area (Å²) in [7, 11) is 1.61. The molecule has 0 aromatic carbocycles. The lowest BCUT2D eigenvalue weighted by atomic mass is 10.3. The molecule has 0 unspecified atom stereocenters. The smallest absolute Gasteiger partial charge is 0.213 e. The number of hydrogen-bond donors (Lipinski definition) is 1. The van der Waals surface area contributed by atoms with Crippen molar-refractivity contribution in [3.8, 4) is 11.6 Å². The molecular weight excluding hydrogens is 170 g/mol. The van der Waals surface area contributed by atoms with E-state index in [9.17, 15) is 5.11 Å². The molecule has 1 heterocycles. The molecule has 0 bridgehead atoms. The maximum Gasteiger partial charge on any atom is 0.213 e. The molecule has 1 N–H and O–H groups in total. The molecule has 0 spiro atoms. The number of methoxy groups -OCH3 is 1. The number of pyridine rings is 1. The highest BCUT2D eigenvalue weighted by molar-refractivity contribution is 5.31. The van der Waals surface area contributed by atoms with Gasteiger partial charge < -0.3 is 14.6 Å². The molecule has 0 saturated carbocycles. The fraction of sp³-hybridized carbons (Fsp3) is 0.444. The molecule has 0 amide bonds. The van der Waals surface area contributed by atoms with E-state index >= 15 is 0 Å². The zero-order valence-electron chi connectivity index (χ0n) is 7.78. The van der Waals surface area contributed by atoms with Gasteiger partial charge in [-0.15, -0.1) is 0 Å². The Morgan fingerprint density at radius 1 is 1.46 bits per heavy atom. The number of hydrogen-bond acceptors (Lipinski definition) is 4. The summed E-state index contributed by atoms with van der Waals surface area (Å²) < 4.78 is 10.1. The largest absolute Gasteiger partial charge is 0.506 e. The fourth-order valence-corrected chi connectivity index (χ4v) is 0.832. The van der Waals surface area contributed by atoms with Crippen molar-refractivity contribution < 1.29 is 14.6 Å². The van der Waals surface area contributed by atoms with Crippen molar-refractivity contribution in [1.82, 2.24) is 4.98 Å². The predicted molar refractivity (Wildman–Crippen MR) is 48.0 cm³/mol. The maximum absolute atomic E-state index is 9.17. The van der Waals surface area contributed by atoms with Gasteiger partial charge in [0.1, 0.15) is 12.4 Å². The van der Waals surface area contributed by atoms with Crippen molar-refractivity contribution in [3.05, 3.63) is 17.8 Å². The molecule has 0 fully saturated rings. The van der Waals surface area contributed by atoms with Gasteiger partial charge in [-0.05, 0) is 12.5 Å². The van der Waals surface area contributed by atoms with E-state index in [0.717, 1.165) is 5.56 Å². The highest BCUT2D eigenvalue weighted by Gasteiger charge is 1.99. The van der Waals surface area contributed by atoms with Gasteiger partial charge in [0.2, 0.25) is 5.88 Å². The van der Waals surface area contributed by atoms with Gasteiger partial charge >= 0.3 is 0 Å². The molecule has 4 nitrogen and oxygen atoms in total. The minimum absolute atomic E-state index is 0.180. The Bertz CT molecular complexity index is 276. The van der Waals surface area contributed by atoms with Crippen LogP contribution in [0.25, 0.3) is 0 Å². The number of rotatable bonds is 4. The molecule has 13 heavy (non-hydrogen) atoms. The average molecular weight is 183 g/mol. The van der Waals surface area contributed by atoms with Gasteiger partial charge in [0, 0.05) is 13.2 Å². The molecule has 0 aliphatic carbocycles. The van der Waals surface area contributed by atoms with Gasteiger partial charge in [-0.2, -0.15) is 0 Å². The fourth-order valence-electron chi connectivity index (χ4n) is 0.832. The Hall–Kier alpha value is -1.29. The van der Waals surface area contributed by atoms with Crippen LogP contribution in [0.2, 0.25) is 0 Å². The van der Waals surface area contributed by atoms with Crippen LogP contribution in [-0.2, 0) is 4.74 Å². The zero-order valence-corrected chi connectivity index (χ0v) is 7.78. The van der Waals surface area contributed by atoms with Crippen LogP contribution < -0.4 is 4.74 Å². The Labute approximate surface area is 77.1 Å². The second kappa shape index (κ2) is 4.67. The highest BCUT2D eigenvalue weighted by Crippen LogP contribution is 2.18. The lowest BCUT2D eigenvalue weighted by molar-refractivity contribution is 0.143. The van der Waals surface area contributed by atoms with E-state index in [-0.39, 0.29) is 5.75 Å². The van der Waals surface area contributed by atoms with Crippen LogP contribution in [0, 0.1) is 6.92 Å². The van der Waals surface area contributed by atoms with E-state index in [1.807, 2.05) is 0 Å². The van der Waals surface area contributed by atoms with Gasteiger partial charge in [0.15, 0.2) is 0 Å². The van der Waals surface area contributed by atoms with Gasteiger partial charge in [-0.1, -0.05) is 0 Å². The van der Waals surface area contributed by atoms with E-state index in [4.69, 9.17) is 9.47 Å². The second-order valence-corrected chi connectivity index (χ2v) is 2.65. The maximum atomic E-state index is 9.17. The van der Waals surface area contributed by atoms with Crippen molar-refractivity contribution in [3.63, 3.8) is 0 Å². The van der Waals surface area contributed by atoms with E-state index in [0.29, 0.717) is 19.1 Å². The van der Waals surface area contributed by atoms with Crippen molar-refractivity contribution in [1.29, 1.82) is 0 Å². The number of ether oxygens (including phenoxy) is 2. The van der Waals surface area contributed by atoms with Gasteiger partial charge in [0.25, 0.3) is 0 Å². The molecule has 1 aromatic heterocycles. The Morgan fingerprint density at radius 3 is 2.85 bits per heavy atom. The van der Waals surface area contributed by atoms with Crippen molar-refractivity contribution >= 4 is 0 Å². The van der Waals surface area contributed by atoms with Crippen LogP contribution in [0.5, 0.6) is 11.6 Å². The molecule has 0 aliphatic heterocycles. The monoisotopic (exact) mass is 183 g/mol. The summed E-state index contributed by atoms with van der Waals surface area (Å²) in [6, 6.07) is 1.69. The summed E-state index contributed by atoms with van der Waals surface area (Å²) in [6.07, 6.45) is 1.37. The summed E-state index contributed by atoms with van der Waals surface area (Å²) in [4.78, 5) is 3.88. The van der Waals surface area contributed by atoms with Crippen LogP contribution in [0.3, 0.4) is 0 Å². The molecule has 72 valence electrons. The standard InChI is InChI=1S/C9H13NO3/c1-7-5-9(10-6-8(7)11)13-4-3-12-2/h5-6,11H,3-4H2,1-2H3. The third-order valence-electron chi connectivity index (χ3n) is 1.60. The number of aryl methyl sites for hydroxylation is 1. The zero-order chi connectivity index (χ0) is 9.68. The van der Waals surface area contributed by atoms with Crippen molar-refractivity contribution in [2.45, 2.75) is 6.92 Å². The molecule has 0 atom stereocenters. The molecule has 1 rings (SSSR count). The summed E-state index contributed by atoms with van der Waals surface area (Å²) >= 11 is 0. The van der Waals surface area contributed by atoms with E-state index in [2.05, 4.69) is 4.98 Å². The quantitative estimate of drug-likeness (QED) is 0.711. The number of aromatic hydroxyl groups is 1. The Balaban J connectivity index is 2.53. The Kier molecular flexibility index (Phi) is 3.52. The first-order valence-corrected chi connectivity index (χ1v) is 4.01. The molecule has 1 aromatic rings. The number of aromatic nitrogens is 1. The minimum atomic E-state index is 0.180. The first-order valence-electron chi connectivity index (χ1n) is 4.01. The SMILES string of the molecule is COCCOc1cc(C)c(O)cn1. The highest BCUT2D eigenvalue weighted by atomic mass is 16.5. The van der Waals surface area contributed by atoms with Crippen LogP contribution in [-0.4, -0.2) is 30.4 Å². The second-order valence-electron chi connectivity index (χ2n) is 2.65. The van der Waals surface area contributed by atoms with Crippen LogP contribution in [0.4, 0.5) is 0 Å². The summed E-state index contributed by atoms with van der Waals surface area (Å²) in [6.45, 7) is 2.79. The van der Waals surface area contributed by atoms with Crippen LogP contribution in [0.1, 0.15) is 5.56 Å². The van der Waals surface area contributed by atoms with Gasteiger partial charge in [-0.3, -0.25) is 0 Å². The van der Waals surface area contributed by atoms with E-state index in [1.165, 1.54) is 6.20 Å². The summed E-state index contributed by atoms with van der Waals surface area (Å²) in [5.41, 5.74) is 0.752. The first kappa shape index (κ1) is 9.80. The van der Waals surface area contributed by atoms with Crippen molar-refractivity contribution in [2.24, 2.45) is 0 Å². The van der Waals surface area contributed by atoms with E-state index in [1.54, 1.807) is 20.1 Å². The summed E-state index contributed by atoms with van der Waals surface area (Å²) in [5, 5.41) is 9.17.